The number of carbonyl (C=O) groups excluding carboxylic acids is 2. The van der Waals surface area contributed by atoms with Crippen molar-refractivity contribution in [1.82, 2.24) is 4.57 Å². The van der Waals surface area contributed by atoms with Crippen LogP contribution >= 0.6 is 0 Å². The average molecular weight is 274 g/mol. The van der Waals surface area contributed by atoms with Gasteiger partial charge in [-0.05, 0) is 25.1 Å². The fourth-order valence-electron chi connectivity index (χ4n) is 2.14. The van der Waals surface area contributed by atoms with Gasteiger partial charge in [0, 0.05) is 35.3 Å². The third-order valence-corrected chi connectivity index (χ3v) is 2.89. The summed E-state index contributed by atoms with van der Waals surface area (Å²) in [6, 6.07) is 5.04. The number of hydrogen-bond donors (Lipinski definition) is 2. The van der Waals surface area contributed by atoms with Crippen LogP contribution in [0.25, 0.3) is 10.9 Å². The summed E-state index contributed by atoms with van der Waals surface area (Å²) in [4.78, 5) is 33.5. The Bertz CT molecular complexity index is 715. The fraction of sp³-hybridized carbons (Fsp3) is 0.214. The number of Topliss-reactive ketones (excluding diaryl/α,β-unsaturated/α-hetero) is 1. The quantitative estimate of drug-likeness (QED) is 0.833. The highest BCUT2D eigenvalue weighted by Gasteiger charge is 2.14. The topological polar surface area (TPSA) is 88.4 Å². The van der Waals surface area contributed by atoms with Gasteiger partial charge in [-0.2, -0.15) is 0 Å². The summed E-state index contributed by atoms with van der Waals surface area (Å²) in [5, 5.41) is 12.2. The van der Waals surface area contributed by atoms with Gasteiger partial charge >= 0.3 is 5.97 Å². The lowest BCUT2D eigenvalue weighted by molar-refractivity contribution is -0.137. The first-order valence-corrected chi connectivity index (χ1v) is 6.01. The molecule has 0 fully saturated rings. The van der Waals surface area contributed by atoms with Gasteiger partial charge in [-0.15, -0.1) is 0 Å². The van der Waals surface area contributed by atoms with E-state index in [1.165, 1.54) is 24.6 Å². The van der Waals surface area contributed by atoms with E-state index in [2.05, 4.69) is 5.32 Å². The molecule has 2 rings (SSSR count). The first-order chi connectivity index (χ1) is 9.38. The Kier molecular flexibility index (Phi) is 3.56. The third-order valence-electron chi connectivity index (χ3n) is 2.89. The third kappa shape index (κ3) is 2.69. The van der Waals surface area contributed by atoms with Crippen molar-refractivity contribution in [2.45, 2.75) is 20.4 Å². The molecule has 1 heterocycles. The van der Waals surface area contributed by atoms with Gasteiger partial charge in [0.05, 0.1) is 0 Å². The van der Waals surface area contributed by atoms with Crippen molar-refractivity contribution in [1.29, 1.82) is 0 Å². The average Bonchev–Trinajstić information content (AvgIpc) is 2.66. The standard InChI is InChI=1S/C14H14N2O4/c1-8(17)12-6-16(7-14(19)20)13-4-3-10(5-11(12)13)15-9(2)18/h3-6H,7H2,1-2H3,(H,15,18)(H,19,20). The van der Waals surface area contributed by atoms with Gasteiger partial charge in [0.2, 0.25) is 5.91 Å². The summed E-state index contributed by atoms with van der Waals surface area (Å²) in [6.07, 6.45) is 1.53. The van der Waals surface area contributed by atoms with Crippen LogP contribution in [0.1, 0.15) is 24.2 Å². The molecule has 0 saturated carbocycles. The molecule has 1 aromatic carbocycles. The SMILES string of the molecule is CC(=O)Nc1ccc2c(c1)c(C(C)=O)cn2CC(=O)O. The molecule has 20 heavy (non-hydrogen) atoms. The van der Waals surface area contributed by atoms with Gasteiger partial charge in [-0.3, -0.25) is 14.4 Å². The zero-order valence-electron chi connectivity index (χ0n) is 11.1. The van der Waals surface area contributed by atoms with Crippen molar-refractivity contribution >= 4 is 34.3 Å². The molecule has 1 amide bonds. The number of nitrogens with one attached hydrogen (secondary N) is 1. The Labute approximate surface area is 115 Å². The number of ketones is 1. The number of carbonyl (C=O) groups is 3. The smallest absolute Gasteiger partial charge is 0.323 e. The molecular formula is C14H14N2O4. The molecule has 104 valence electrons. The van der Waals surface area contributed by atoms with Crippen LogP contribution in [0, 0.1) is 0 Å². The van der Waals surface area contributed by atoms with Crippen molar-refractivity contribution in [3.05, 3.63) is 30.0 Å². The van der Waals surface area contributed by atoms with Crippen molar-refractivity contribution in [2.24, 2.45) is 0 Å². The van der Waals surface area contributed by atoms with E-state index in [1.54, 1.807) is 18.2 Å². The van der Waals surface area contributed by atoms with E-state index in [-0.39, 0.29) is 18.2 Å². The maximum Gasteiger partial charge on any atom is 0.323 e. The van der Waals surface area contributed by atoms with E-state index < -0.39 is 5.97 Å². The second-order valence-electron chi connectivity index (χ2n) is 4.53. The summed E-state index contributed by atoms with van der Waals surface area (Å²) in [7, 11) is 0. The van der Waals surface area contributed by atoms with E-state index in [1.807, 2.05) is 0 Å². The Hall–Kier alpha value is -2.63. The molecule has 0 saturated heterocycles. The van der Waals surface area contributed by atoms with E-state index in [9.17, 15) is 14.4 Å². The maximum atomic E-state index is 11.6. The monoisotopic (exact) mass is 274 g/mol. The Morgan fingerprint density at radius 1 is 1.25 bits per heavy atom. The Morgan fingerprint density at radius 2 is 1.95 bits per heavy atom. The van der Waals surface area contributed by atoms with Gasteiger partial charge in [0.25, 0.3) is 0 Å². The minimum atomic E-state index is -0.983. The first kappa shape index (κ1) is 13.8. The summed E-state index contributed by atoms with van der Waals surface area (Å²) < 4.78 is 1.51. The van der Waals surface area contributed by atoms with Crippen LogP contribution in [0.2, 0.25) is 0 Å². The maximum absolute atomic E-state index is 11.6. The van der Waals surface area contributed by atoms with Crippen LogP contribution in [0.3, 0.4) is 0 Å². The summed E-state index contributed by atoms with van der Waals surface area (Å²) in [6.45, 7) is 2.60. The molecule has 1 aromatic heterocycles. The lowest BCUT2D eigenvalue weighted by Crippen LogP contribution is -2.07. The normalized spacial score (nSPS) is 10.5. The zero-order chi connectivity index (χ0) is 14.9. The van der Waals surface area contributed by atoms with Crippen LogP contribution in [-0.4, -0.2) is 27.3 Å². The van der Waals surface area contributed by atoms with Crippen molar-refractivity contribution in [3.63, 3.8) is 0 Å². The van der Waals surface area contributed by atoms with Gasteiger partial charge in [-0.1, -0.05) is 0 Å². The number of aromatic nitrogens is 1. The number of anilines is 1. The minimum Gasteiger partial charge on any atom is -0.480 e. The molecule has 0 atom stereocenters. The Morgan fingerprint density at radius 3 is 2.50 bits per heavy atom. The lowest BCUT2D eigenvalue weighted by atomic mass is 10.1. The molecule has 0 bridgehead atoms. The number of fused-ring (bicyclic) bond motifs is 1. The molecule has 6 nitrogen and oxygen atoms in total. The predicted octanol–water partition coefficient (Wildman–Crippen LogP) is 1.89. The second-order valence-corrected chi connectivity index (χ2v) is 4.53. The first-order valence-electron chi connectivity index (χ1n) is 6.01. The molecule has 2 aromatic rings. The van der Waals surface area contributed by atoms with Crippen LogP contribution in [0.4, 0.5) is 5.69 Å². The number of hydrogen-bond acceptors (Lipinski definition) is 3. The Balaban J connectivity index is 2.60. The van der Waals surface area contributed by atoms with Gasteiger partial charge in [0.15, 0.2) is 5.78 Å². The molecule has 0 aliphatic heterocycles. The number of benzene rings is 1. The second kappa shape index (κ2) is 5.16. The molecule has 0 radical (unpaired) electrons. The molecule has 0 spiro atoms. The zero-order valence-corrected chi connectivity index (χ0v) is 11.1. The summed E-state index contributed by atoms with van der Waals surface area (Å²) >= 11 is 0. The minimum absolute atomic E-state index is 0.154. The van der Waals surface area contributed by atoms with Crippen molar-refractivity contribution in [2.75, 3.05) is 5.32 Å². The summed E-state index contributed by atoms with van der Waals surface area (Å²) in [5.41, 5.74) is 1.65. The van der Waals surface area contributed by atoms with Gasteiger partial charge in [-0.25, -0.2) is 0 Å². The fourth-order valence-corrected chi connectivity index (χ4v) is 2.14. The van der Waals surface area contributed by atoms with E-state index in [0.29, 0.717) is 22.2 Å². The number of aliphatic carboxylic acids is 1. The molecular weight excluding hydrogens is 260 g/mol. The number of nitrogens with zero attached hydrogens (tertiary/aromatic N) is 1. The molecule has 0 aliphatic carbocycles. The van der Waals surface area contributed by atoms with E-state index in [4.69, 9.17) is 5.11 Å². The highest BCUT2D eigenvalue weighted by molar-refractivity contribution is 6.08. The number of carboxylic acids is 1. The molecule has 6 heteroatoms. The van der Waals surface area contributed by atoms with Crippen LogP contribution in [-0.2, 0) is 16.1 Å². The van der Waals surface area contributed by atoms with E-state index in [0.717, 1.165) is 0 Å². The van der Waals surface area contributed by atoms with Crippen molar-refractivity contribution in [3.8, 4) is 0 Å². The van der Waals surface area contributed by atoms with Gasteiger partial charge in [0.1, 0.15) is 6.54 Å². The van der Waals surface area contributed by atoms with E-state index >= 15 is 0 Å². The molecule has 2 N–H and O–H groups in total. The molecule has 0 aliphatic rings. The van der Waals surface area contributed by atoms with Gasteiger partial charge < -0.3 is 15.0 Å². The van der Waals surface area contributed by atoms with Crippen LogP contribution < -0.4 is 5.32 Å². The number of rotatable bonds is 4. The largest absolute Gasteiger partial charge is 0.480 e. The lowest BCUT2D eigenvalue weighted by Gasteiger charge is -2.04. The predicted molar refractivity (Wildman–Crippen MR) is 73.9 cm³/mol. The number of amides is 1. The highest BCUT2D eigenvalue weighted by Crippen LogP contribution is 2.25. The highest BCUT2D eigenvalue weighted by atomic mass is 16.4. The summed E-state index contributed by atoms with van der Waals surface area (Å²) in [5.74, 6) is -1.35. The van der Waals surface area contributed by atoms with Crippen LogP contribution in [0.5, 0.6) is 0 Å². The molecule has 0 unspecified atom stereocenters. The van der Waals surface area contributed by atoms with Crippen molar-refractivity contribution < 1.29 is 19.5 Å². The number of carboxylic acid groups (broad SMARTS) is 1. The van der Waals surface area contributed by atoms with Crippen LogP contribution in [0.15, 0.2) is 24.4 Å².